The summed E-state index contributed by atoms with van der Waals surface area (Å²) in [6, 6.07) is 16.0. The summed E-state index contributed by atoms with van der Waals surface area (Å²) >= 11 is 0. The Hall–Kier alpha value is -2.18. The molecule has 1 fully saturated rings. The molecule has 3 rings (SSSR count). The number of carbonyl (C=O) groups excluding carboxylic acids is 1. The van der Waals surface area contributed by atoms with Gasteiger partial charge < -0.3 is 5.32 Å². The van der Waals surface area contributed by atoms with Crippen LogP contribution >= 0.6 is 0 Å². The minimum atomic E-state index is -3.53. The van der Waals surface area contributed by atoms with Gasteiger partial charge >= 0.3 is 0 Å². The van der Waals surface area contributed by atoms with Gasteiger partial charge in [0.15, 0.2) is 0 Å². The molecule has 2 aromatic carbocycles. The Morgan fingerprint density at radius 2 is 1.63 bits per heavy atom. The number of piperidine rings is 1. The zero-order chi connectivity index (χ0) is 19.5. The number of nitrogens with zero attached hydrogens (tertiary/aromatic N) is 1. The summed E-state index contributed by atoms with van der Waals surface area (Å²) in [7, 11) is -3.53. The molecule has 5 nitrogen and oxygen atoms in total. The lowest BCUT2D eigenvalue weighted by molar-refractivity contribution is -0.120. The second-order valence-electron chi connectivity index (χ2n) is 7.44. The lowest BCUT2D eigenvalue weighted by atomic mass is 9.83. The molecule has 0 saturated carbocycles. The Kier molecular flexibility index (Phi) is 5.67. The summed E-state index contributed by atoms with van der Waals surface area (Å²) in [5, 5.41) is 2.87. The van der Waals surface area contributed by atoms with Gasteiger partial charge in [-0.15, -0.1) is 0 Å². The molecule has 0 bridgehead atoms. The van der Waals surface area contributed by atoms with Gasteiger partial charge in [0, 0.05) is 18.8 Å². The summed E-state index contributed by atoms with van der Waals surface area (Å²) in [5.74, 6) is -0.179. The van der Waals surface area contributed by atoms with Crippen LogP contribution in [0.3, 0.4) is 0 Å². The molecule has 2 aromatic rings. The Morgan fingerprint density at radius 1 is 0.963 bits per heavy atom. The summed E-state index contributed by atoms with van der Waals surface area (Å²) in [5.41, 5.74) is 0.657. The van der Waals surface area contributed by atoms with Gasteiger partial charge in [0.2, 0.25) is 15.9 Å². The highest BCUT2D eigenvalue weighted by molar-refractivity contribution is 7.89. The lowest BCUT2D eigenvalue weighted by Gasteiger charge is -2.26. The van der Waals surface area contributed by atoms with E-state index in [1.165, 1.54) is 4.31 Å². The van der Waals surface area contributed by atoms with Crippen molar-refractivity contribution < 1.29 is 13.2 Å². The molecule has 1 aliphatic rings. The zero-order valence-corrected chi connectivity index (χ0v) is 16.6. The number of nitrogens with one attached hydrogen (secondary N) is 1. The molecular formula is C21H26N2O3S. The highest BCUT2D eigenvalue weighted by atomic mass is 32.2. The number of hydrogen-bond donors (Lipinski definition) is 1. The van der Waals surface area contributed by atoms with Crippen LogP contribution in [0, 0.1) is 0 Å². The molecule has 0 aliphatic carbocycles. The first-order chi connectivity index (χ1) is 12.8. The molecule has 0 unspecified atom stereocenters. The smallest absolute Gasteiger partial charge is 0.243 e. The first-order valence-corrected chi connectivity index (χ1v) is 10.7. The zero-order valence-electron chi connectivity index (χ0n) is 15.8. The molecule has 1 N–H and O–H groups in total. The van der Waals surface area contributed by atoms with Crippen molar-refractivity contribution in [2.45, 2.75) is 43.4 Å². The summed E-state index contributed by atoms with van der Waals surface area (Å²) < 4.78 is 27.2. The van der Waals surface area contributed by atoms with E-state index < -0.39 is 15.4 Å². The van der Waals surface area contributed by atoms with Gasteiger partial charge in [0.25, 0.3) is 0 Å². The quantitative estimate of drug-likeness (QED) is 0.850. The molecule has 6 heteroatoms. The minimum Gasteiger partial charge on any atom is -0.325 e. The third-order valence-corrected chi connectivity index (χ3v) is 7.00. The van der Waals surface area contributed by atoms with Crippen molar-refractivity contribution in [2.24, 2.45) is 0 Å². The predicted molar refractivity (Wildman–Crippen MR) is 107 cm³/mol. The SMILES string of the molecule is CC(C)(C(=O)Nc1cccc(S(=O)(=O)N2CCCCC2)c1)c1ccccc1. The molecule has 1 saturated heterocycles. The van der Waals surface area contributed by atoms with Gasteiger partial charge in [0.1, 0.15) is 0 Å². The number of amides is 1. The molecule has 1 amide bonds. The molecule has 144 valence electrons. The third-order valence-electron chi connectivity index (χ3n) is 5.11. The fraction of sp³-hybridized carbons (Fsp3) is 0.381. The standard InChI is InChI=1S/C21H26N2O3S/c1-21(2,17-10-5-3-6-11-17)20(24)22-18-12-9-13-19(16-18)27(25,26)23-14-7-4-8-15-23/h3,5-6,9-13,16H,4,7-8,14-15H2,1-2H3,(H,22,24). The van der Waals surface area contributed by atoms with Crippen LogP contribution in [-0.2, 0) is 20.2 Å². The van der Waals surface area contributed by atoms with Gasteiger partial charge in [-0.3, -0.25) is 4.79 Å². The normalized spacial score (nSPS) is 16.1. The van der Waals surface area contributed by atoms with Crippen LogP contribution in [0.25, 0.3) is 0 Å². The Labute approximate surface area is 161 Å². The van der Waals surface area contributed by atoms with E-state index in [4.69, 9.17) is 0 Å². The monoisotopic (exact) mass is 386 g/mol. The molecule has 0 spiro atoms. The predicted octanol–water partition coefficient (Wildman–Crippen LogP) is 3.78. The van der Waals surface area contributed by atoms with E-state index in [1.807, 2.05) is 44.2 Å². The number of carbonyl (C=O) groups is 1. The van der Waals surface area contributed by atoms with E-state index in [9.17, 15) is 13.2 Å². The maximum atomic E-state index is 12.9. The number of benzene rings is 2. The number of hydrogen-bond acceptors (Lipinski definition) is 3. The molecule has 0 aromatic heterocycles. The van der Waals surface area contributed by atoms with Gasteiger partial charge in [0.05, 0.1) is 10.3 Å². The lowest BCUT2D eigenvalue weighted by Crippen LogP contribution is -2.36. The van der Waals surface area contributed by atoms with Crippen molar-refractivity contribution in [3.63, 3.8) is 0 Å². The molecular weight excluding hydrogens is 360 g/mol. The fourth-order valence-corrected chi connectivity index (χ4v) is 4.83. The fourth-order valence-electron chi connectivity index (χ4n) is 3.26. The van der Waals surface area contributed by atoms with E-state index >= 15 is 0 Å². The molecule has 27 heavy (non-hydrogen) atoms. The highest BCUT2D eigenvalue weighted by Gasteiger charge is 2.30. The topological polar surface area (TPSA) is 66.5 Å². The average Bonchev–Trinajstić information content (AvgIpc) is 2.69. The molecule has 0 atom stereocenters. The average molecular weight is 387 g/mol. The molecule has 1 heterocycles. The van der Waals surface area contributed by atoms with Crippen molar-refractivity contribution in [3.8, 4) is 0 Å². The minimum absolute atomic E-state index is 0.179. The summed E-state index contributed by atoms with van der Waals surface area (Å²) in [4.78, 5) is 13.0. The number of sulfonamides is 1. The number of rotatable bonds is 5. The van der Waals surface area contributed by atoms with E-state index in [0.29, 0.717) is 18.8 Å². The van der Waals surface area contributed by atoms with Crippen molar-refractivity contribution in [2.75, 3.05) is 18.4 Å². The second kappa shape index (κ2) is 7.82. The first kappa shape index (κ1) is 19.6. The Balaban J connectivity index is 1.81. The van der Waals surface area contributed by atoms with E-state index in [0.717, 1.165) is 24.8 Å². The van der Waals surface area contributed by atoms with E-state index in [1.54, 1.807) is 24.3 Å². The molecule has 1 aliphatic heterocycles. The third kappa shape index (κ3) is 4.22. The van der Waals surface area contributed by atoms with Crippen molar-refractivity contribution >= 4 is 21.6 Å². The van der Waals surface area contributed by atoms with Crippen molar-refractivity contribution in [1.29, 1.82) is 0 Å². The van der Waals surface area contributed by atoms with Crippen LogP contribution in [0.4, 0.5) is 5.69 Å². The van der Waals surface area contributed by atoms with E-state index in [2.05, 4.69) is 5.32 Å². The van der Waals surface area contributed by atoms with Crippen LogP contribution in [-0.4, -0.2) is 31.7 Å². The van der Waals surface area contributed by atoms with Gasteiger partial charge in [-0.05, 0) is 50.5 Å². The highest BCUT2D eigenvalue weighted by Crippen LogP contribution is 2.27. The van der Waals surface area contributed by atoms with Crippen LogP contribution in [0.1, 0.15) is 38.7 Å². The number of anilines is 1. The summed E-state index contributed by atoms with van der Waals surface area (Å²) in [6.45, 7) is 4.82. The van der Waals surface area contributed by atoms with Crippen LogP contribution in [0.2, 0.25) is 0 Å². The maximum absolute atomic E-state index is 12.9. The van der Waals surface area contributed by atoms with E-state index in [-0.39, 0.29) is 10.8 Å². The summed E-state index contributed by atoms with van der Waals surface area (Å²) in [6.07, 6.45) is 2.85. The van der Waals surface area contributed by atoms with Crippen molar-refractivity contribution in [3.05, 3.63) is 60.2 Å². The van der Waals surface area contributed by atoms with Crippen molar-refractivity contribution in [1.82, 2.24) is 4.31 Å². The molecule has 0 radical (unpaired) electrons. The van der Waals surface area contributed by atoms with Crippen LogP contribution in [0.15, 0.2) is 59.5 Å². The van der Waals surface area contributed by atoms with Gasteiger partial charge in [-0.2, -0.15) is 4.31 Å². The van der Waals surface area contributed by atoms with Gasteiger partial charge in [-0.25, -0.2) is 8.42 Å². The Morgan fingerprint density at radius 3 is 2.30 bits per heavy atom. The maximum Gasteiger partial charge on any atom is 0.243 e. The van der Waals surface area contributed by atoms with Crippen LogP contribution < -0.4 is 5.32 Å². The first-order valence-electron chi connectivity index (χ1n) is 9.29. The second-order valence-corrected chi connectivity index (χ2v) is 9.38. The Bertz CT molecular complexity index is 902. The van der Waals surface area contributed by atoms with Gasteiger partial charge in [-0.1, -0.05) is 42.8 Å². The largest absolute Gasteiger partial charge is 0.325 e. The van der Waals surface area contributed by atoms with Crippen LogP contribution in [0.5, 0.6) is 0 Å².